The van der Waals surface area contributed by atoms with Crippen molar-refractivity contribution in [1.82, 2.24) is 9.46 Å². The fourth-order valence-corrected chi connectivity index (χ4v) is 3.25. The van der Waals surface area contributed by atoms with Gasteiger partial charge in [-0.2, -0.15) is 4.31 Å². The Bertz CT molecular complexity index is 680. The standard InChI is InChI=1S/C13H15BrN2O3S/c1-10-7-12(15-19-10)9-16(2)20(17,18)13-5-3-11(8-14)4-6-13/h3-7H,8-9H2,1-2H3. The van der Waals surface area contributed by atoms with Crippen LogP contribution in [-0.2, 0) is 21.9 Å². The number of aromatic nitrogens is 1. The number of alkyl halides is 1. The maximum Gasteiger partial charge on any atom is 0.243 e. The highest BCUT2D eigenvalue weighted by atomic mass is 79.9. The van der Waals surface area contributed by atoms with Crippen LogP contribution in [0.25, 0.3) is 0 Å². The summed E-state index contributed by atoms with van der Waals surface area (Å²) in [5.41, 5.74) is 1.62. The van der Waals surface area contributed by atoms with Crippen LogP contribution in [0.3, 0.4) is 0 Å². The third-order valence-electron chi connectivity index (χ3n) is 2.85. The topological polar surface area (TPSA) is 63.4 Å². The monoisotopic (exact) mass is 358 g/mol. The predicted molar refractivity (Wildman–Crippen MR) is 79.0 cm³/mol. The van der Waals surface area contributed by atoms with Gasteiger partial charge in [0.15, 0.2) is 0 Å². The van der Waals surface area contributed by atoms with Gasteiger partial charge < -0.3 is 4.52 Å². The average molecular weight is 359 g/mol. The van der Waals surface area contributed by atoms with Crippen molar-refractivity contribution in [3.05, 3.63) is 47.3 Å². The van der Waals surface area contributed by atoms with E-state index in [4.69, 9.17) is 4.52 Å². The molecule has 0 saturated heterocycles. The summed E-state index contributed by atoms with van der Waals surface area (Å²) in [4.78, 5) is 0.268. The van der Waals surface area contributed by atoms with Gasteiger partial charge in [0.1, 0.15) is 5.76 Å². The number of hydrogen-bond acceptors (Lipinski definition) is 4. The predicted octanol–water partition coefficient (Wildman–Crippen LogP) is 2.70. The van der Waals surface area contributed by atoms with Crippen molar-refractivity contribution in [3.8, 4) is 0 Å². The number of rotatable bonds is 5. The number of sulfonamides is 1. The first-order valence-corrected chi connectivity index (χ1v) is 8.53. The number of aryl methyl sites for hydroxylation is 1. The molecule has 0 aliphatic heterocycles. The van der Waals surface area contributed by atoms with Gasteiger partial charge >= 0.3 is 0 Å². The molecule has 20 heavy (non-hydrogen) atoms. The Morgan fingerprint density at radius 3 is 2.45 bits per heavy atom. The lowest BCUT2D eigenvalue weighted by atomic mass is 10.2. The Morgan fingerprint density at radius 1 is 1.30 bits per heavy atom. The lowest BCUT2D eigenvalue weighted by molar-refractivity contribution is 0.378. The van der Waals surface area contributed by atoms with Gasteiger partial charge in [0.2, 0.25) is 10.0 Å². The van der Waals surface area contributed by atoms with Crippen LogP contribution in [0.4, 0.5) is 0 Å². The third-order valence-corrected chi connectivity index (χ3v) is 5.31. The summed E-state index contributed by atoms with van der Waals surface area (Å²) in [6.45, 7) is 1.95. The SMILES string of the molecule is Cc1cc(CN(C)S(=O)(=O)c2ccc(CBr)cc2)no1. The zero-order chi connectivity index (χ0) is 14.8. The van der Waals surface area contributed by atoms with Crippen LogP contribution in [0.1, 0.15) is 17.0 Å². The molecule has 0 bridgehead atoms. The molecule has 0 fully saturated rings. The molecule has 1 aromatic heterocycles. The van der Waals surface area contributed by atoms with E-state index in [1.165, 1.54) is 11.4 Å². The molecule has 2 rings (SSSR count). The third kappa shape index (κ3) is 3.28. The van der Waals surface area contributed by atoms with Crippen LogP contribution < -0.4 is 0 Å². The molecule has 2 aromatic rings. The van der Waals surface area contributed by atoms with E-state index in [-0.39, 0.29) is 11.4 Å². The van der Waals surface area contributed by atoms with Gasteiger partial charge in [0.25, 0.3) is 0 Å². The van der Waals surface area contributed by atoms with E-state index in [1.807, 2.05) is 0 Å². The molecule has 7 heteroatoms. The van der Waals surface area contributed by atoms with E-state index in [0.717, 1.165) is 5.56 Å². The van der Waals surface area contributed by atoms with Crippen molar-refractivity contribution in [2.24, 2.45) is 0 Å². The first-order valence-electron chi connectivity index (χ1n) is 5.97. The smallest absolute Gasteiger partial charge is 0.243 e. The summed E-state index contributed by atoms with van der Waals surface area (Å²) in [6.07, 6.45) is 0. The van der Waals surface area contributed by atoms with Crippen molar-refractivity contribution in [1.29, 1.82) is 0 Å². The van der Waals surface area contributed by atoms with Gasteiger partial charge in [-0.3, -0.25) is 0 Å². The molecule has 0 radical (unpaired) electrons. The van der Waals surface area contributed by atoms with Gasteiger partial charge in [0.05, 0.1) is 17.1 Å². The first-order chi connectivity index (χ1) is 9.43. The van der Waals surface area contributed by atoms with Gasteiger partial charge in [-0.15, -0.1) is 0 Å². The van der Waals surface area contributed by atoms with E-state index < -0.39 is 10.0 Å². The minimum absolute atomic E-state index is 0.180. The molecular weight excluding hydrogens is 344 g/mol. The van der Waals surface area contributed by atoms with Gasteiger partial charge in [-0.1, -0.05) is 33.2 Å². The quantitative estimate of drug-likeness (QED) is 0.770. The zero-order valence-corrected chi connectivity index (χ0v) is 13.6. The molecular formula is C13H15BrN2O3S. The summed E-state index contributed by atoms with van der Waals surface area (Å²) in [6, 6.07) is 8.51. The highest BCUT2D eigenvalue weighted by Crippen LogP contribution is 2.18. The van der Waals surface area contributed by atoms with E-state index in [1.54, 1.807) is 37.3 Å². The Kier molecular flexibility index (Phi) is 4.62. The summed E-state index contributed by atoms with van der Waals surface area (Å²) < 4.78 is 31.0. The van der Waals surface area contributed by atoms with E-state index >= 15 is 0 Å². The fourth-order valence-electron chi connectivity index (χ4n) is 1.74. The molecule has 1 aromatic carbocycles. The van der Waals surface area contributed by atoms with E-state index in [0.29, 0.717) is 16.8 Å². The highest BCUT2D eigenvalue weighted by molar-refractivity contribution is 9.08. The lowest BCUT2D eigenvalue weighted by Gasteiger charge is -2.15. The highest BCUT2D eigenvalue weighted by Gasteiger charge is 2.21. The maximum atomic E-state index is 12.4. The van der Waals surface area contributed by atoms with Crippen molar-refractivity contribution in [2.45, 2.75) is 23.7 Å². The van der Waals surface area contributed by atoms with Gasteiger partial charge in [-0.05, 0) is 24.6 Å². The molecule has 108 valence electrons. The van der Waals surface area contributed by atoms with Crippen molar-refractivity contribution < 1.29 is 12.9 Å². The molecule has 0 spiro atoms. The Morgan fingerprint density at radius 2 is 1.95 bits per heavy atom. The van der Waals surface area contributed by atoms with Crippen LogP contribution in [-0.4, -0.2) is 24.9 Å². The lowest BCUT2D eigenvalue weighted by Crippen LogP contribution is -2.26. The molecule has 0 aliphatic rings. The molecule has 0 unspecified atom stereocenters. The van der Waals surface area contributed by atoms with Crippen molar-refractivity contribution >= 4 is 26.0 Å². The van der Waals surface area contributed by atoms with Crippen LogP contribution >= 0.6 is 15.9 Å². The fraction of sp³-hybridized carbons (Fsp3) is 0.308. The molecule has 1 heterocycles. The van der Waals surface area contributed by atoms with Crippen LogP contribution in [0.5, 0.6) is 0 Å². The molecule has 0 aliphatic carbocycles. The molecule has 0 atom stereocenters. The Balaban J connectivity index is 2.19. The second-order valence-electron chi connectivity index (χ2n) is 4.47. The number of hydrogen-bond donors (Lipinski definition) is 0. The summed E-state index contributed by atoms with van der Waals surface area (Å²) in [5, 5.41) is 4.50. The molecule has 0 saturated carbocycles. The zero-order valence-electron chi connectivity index (χ0n) is 11.2. The Hall–Kier alpha value is -1.18. The normalized spacial score (nSPS) is 12.0. The van der Waals surface area contributed by atoms with Crippen LogP contribution in [0.15, 0.2) is 39.8 Å². The average Bonchev–Trinajstić information content (AvgIpc) is 2.84. The number of halogens is 1. The maximum absolute atomic E-state index is 12.4. The Labute approximate surface area is 126 Å². The summed E-state index contributed by atoms with van der Waals surface area (Å²) in [5.74, 6) is 0.660. The second kappa shape index (κ2) is 6.07. The second-order valence-corrected chi connectivity index (χ2v) is 7.07. The van der Waals surface area contributed by atoms with Gasteiger partial charge in [0, 0.05) is 18.4 Å². The largest absolute Gasteiger partial charge is 0.361 e. The number of benzene rings is 1. The molecule has 0 amide bonds. The van der Waals surface area contributed by atoms with Gasteiger partial charge in [-0.25, -0.2) is 8.42 Å². The van der Waals surface area contributed by atoms with Crippen molar-refractivity contribution in [2.75, 3.05) is 7.05 Å². The number of nitrogens with zero attached hydrogens (tertiary/aromatic N) is 2. The molecule has 0 N–H and O–H groups in total. The van der Waals surface area contributed by atoms with Crippen LogP contribution in [0.2, 0.25) is 0 Å². The summed E-state index contributed by atoms with van der Waals surface area (Å²) in [7, 11) is -1.99. The minimum atomic E-state index is -3.52. The van der Waals surface area contributed by atoms with Crippen molar-refractivity contribution in [3.63, 3.8) is 0 Å². The first kappa shape index (κ1) is 15.2. The van der Waals surface area contributed by atoms with Crippen LogP contribution in [0, 0.1) is 6.92 Å². The molecule has 5 nitrogen and oxygen atoms in total. The summed E-state index contributed by atoms with van der Waals surface area (Å²) >= 11 is 3.33. The van der Waals surface area contributed by atoms with E-state index in [9.17, 15) is 8.42 Å². The minimum Gasteiger partial charge on any atom is -0.361 e. The van der Waals surface area contributed by atoms with E-state index in [2.05, 4.69) is 21.1 Å².